The fourth-order valence-electron chi connectivity index (χ4n) is 2.84. The largest absolute Gasteiger partial charge is 0.357 e. The minimum atomic E-state index is 0.0996. The van der Waals surface area contributed by atoms with Crippen molar-refractivity contribution in [3.63, 3.8) is 0 Å². The van der Waals surface area contributed by atoms with Crippen molar-refractivity contribution in [2.24, 2.45) is 0 Å². The average Bonchev–Trinajstić information content (AvgIpc) is 2.53. The molecule has 0 aromatic heterocycles. The lowest BCUT2D eigenvalue weighted by Crippen LogP contribution is -2.21. The van der Waals surface area contributed by atoms with Crippen molar-refractivity contribution in [2.45, 2.75) is 109 Å². The summed E-state index contributed by atoms with van der Waals surface area (Å²) in [7, 11) is 0. The fraction of sp³-hybridized carbons (Fsp3) is 0.947. The molecule has 0 bridgehead atoms. The summed E-state index contributed by atoms with van der Waals surface area (Å²) in [5.74, 6) is 0. The lowest BCUT2D eigenvalue weighted by molar-refractivity contribution is -0.109. The van der Waals surface area contributed by atoms with E-state index in [1.54, 1.807) is 0 Å². The van der Waals surface area contributed by atoms with Crippen molar-refractivity contribution in [2.75, 3.05) is 6.54 Å². The van der Waals surface area contributed by atoms with Crippen LogP contribution in [0, 0.1) is 0 Å². The Hall–Kier alpha value is -0.240. The van der Waals surface area contributed by atoms with Crippen molar-refractivity contribution >= 4 is 18.0 Å². The van der Waals surface area contributed by atoms with E-state index in [0.717, 1.165) is 12.8 Å². The minimum absolute atomic E-state index is 0.0996. The van der Waals surface area contributed by atoms with Crippen molar-refractivity contribution in [1.29, 1.82) is 0 Å². The van der Waals surface area contributed by atoms with E-state index in [4.69, 9.17) is 11.6 Å². The van der Waals surface area contributed by atoms with Gasteiger partial charge in [0.1, 0.15) is 0 Å². The molecule has 0 aliphatic heterocycles. The van der Waals surface area contributed by atoms with E-state index < -0.39 is 0 Å². The van der Waals surface area contributed by atoms with Gasteiger partial charge in [0, 0.05) is 6.54 Å². The molecular weight excluding hydrogens is 294 g/mol. The molecule has 0 radical (unpaired) electrons. The number of hydrogen-bond donors (Lipinski definition) is 1. The third kappa shape index (κ3) is 17.8. The maximum atomic E-state index is 10.1. The van der Waals surface area contributed by atoms with E-state index in [1.807, 2.05) is 0 Å². The Morgan fingerprint density at radius 2 is 1.18 bits per heavy atom. The summed E-state index contributed by atoms with van der Waals surface area (Å²) in [6.07, 6.45) is 21.1. The first-order valence-corrected chi connectivity index (χ1v) is 10.1. The predicted molar refractivity (Wildman–Crippen MR) is 98.6 cm³/mol. The minimum Gasteiger partial charge on any atom is -0.357 e. The van der Waals surface area contributed by atoms with Crippen LogP contribution in [0.15, 0.2) is 0 Å². The molecule has 0 rings (SSSR count). The summed E-state index contributed by atoms with van der Waals surface area (Å²) >= 11 is 6.09. The van der Waals surface area contributed by atoms with E-state index in [2.05, 4.69) is 12.2 Å². The molecule has 1 atom stereocenters. The molecule has 1 unspecified atom stereocenters. The maximum Gasteiger partial charge on any atom is 0.207 e. The lowest BCUT2D eigenvalue weighted by Gasteiger charge is -2.08. The number of carbonyl (C=O) groups is 1. The molecule has 0 fully saturated rings. The molecule has 0 spiro atoms. The van der Waals surface area contributed by atoms with Gasteiger partial charge in [-0.15, -0.1) is 11.6 Å². The Morgan fingerprint density at radius 3 is 1.59 bits per heavy atom. The van der Waals surface area contributed by atoms with Gasteiger partial charge >= 0.3 is 0 Å². The van der Waals surface area contributed by atoms with Gasteiger partial charge in [-0.05, 0) is 6.42 Å². The summed E-state index contributed by atoms with van der Waals surface area (Å²) < 4.78 is 0. The predicted octanol–water partition coefficient (Wildman–Crippen LogP) is 6.21. The average molecular weight is 332 g/mol. The molecular formula is C19H38ClNO. The third-order valence-electron chi connectivity index (χ3n) is 4.29. The quantitative estimate of drug-likeness (QED) is 0.180. The number of carbonyl (C=O) groups excluding carboxylic acids is 1. The Kier molecular flexibility index (Phi) is 18.6. The monoisotopic (exact) mass is 331 g/mol. The number of nitrogens with one attached hydrogen (secondary N) is 1. The summed E-state index contributed by atoms with van der Waals surface area (Å²) in [5.41, 5.74) is 0. The Labute approximate surface area is 143 Å². The van der Waals surface area contributed by atoms with E-state index in [1.165, 1.54) is 89.9 Å². The smallest absolute Gasteiger partial charge is 0.207 e. The van der Waals surface area contributed by atoms with Gasteiger partial charge in [-0.3, -0.25) is 4.79 Å². The molecule has 1 amide bonds. The first-order valence-electron chi connectivity index (χ1n) is 9.62. The highest BCUT2D eigenvalue weighted by Crippen LogP contribution is 2.14. The van der Waals surface area contributed by atoms with Gasteiger partial charge in [0.05, 0.1) is 5.38 Å². The molecule has 22 heavy (non-hydrogen) atoms. The SMILES string of the molecule is CCCCCCCCCCCCCCCCC(Cl)CNC=O. The maximum absolute atomic E-state index is 10.1. The highest BCUT2D eigenvalue weighted by Gasteiger charge is 2.02. The normalized spacial score (nSPS) is 12.3. The third-order valence-corrected chi connectivity index (χ3v) is 4.67. The summed E-state index contributed by atoms with van der Waals surface area (Å²) in [5, 5.41) is 2.73. The van der Waals surface area contributed by atoms with Gasteiger partial charge in [0.15, 0.2) is 0 Å². The van der Waals surface area contributed by atoms with Crippen LogP contribution in [0.1, 0.15) is 103 Å². The van der Waals surface area contributed by atoms with Crippen LogP contribution in [-0.4, -0.2) is 18.3 Å². The Morgan fingerprint density at radius 1 is 0.773 bits per heavy atom. The number of rotatable bonds is 18. The molecule has 1 N–H and O–H groups in total. The molecule has 0 aliphatic rings. The second-order valence-corrected chi connectivity index (χ2v) is 7.13. The lowest BCUT2D eigenvalue weighted by atomic mass is 10.0. The molecule has 132 valence electrons. The van der Waals surface area contributed by atoms with Crippen LogP contribution in [0.2, 0.25) is 0 Å². The first kappa shape index (κ1) is 21.8. The van der Waals surface area contributed by atoms with E-state index in [9.17, 15) is 4.79 Å². The van der Waals surface area contributed by atoms with Crippen LogP contribution in [0.4, 0.5) is 0 Å². The molecule has 0 saturated heterocycles. The van der Waals surface area contributed by atoms with E-state index >= 15 is 0 Å². The second-order valence-electron chi connectivity index (χ2n) is 6.51. The second kappa shape index (κ2) is 18.8. The zero-order chi connectivity index (χ0) is 16.3. The van der Waals surface area contributed by atoms with Gasteiger partial charge < -0.3 is 5.32 Å². The molecule has 0 aromatic carbocycles. The highest BCUT2D eigenvalue weighted by atomic mass is 35.5. The van der Waals surface area contributed by atoms with Gasteiger partial charge in [-0.2, -0.15) is 0 Å². The van der Waals surface area contributed by atoms with Crippen LogP contribution in [0.3, 0.4) is 0 Å². The van der Waals surface area contributed by atoms with E-state index in [-0.39, 0.29) is 5.38 Å². The van der Waals surface area contributed by atoms with Crippen molar-refractivity contribution in [3.05, 3.63) is 0 Å². The molecule has 0 heterocycles. The molecule has 0 aliphatic carbocycles. The fourth-order valence-corrected chi connectivity index (χ4v) is 3.08. The van der Waals surface area contributed by atoms with Crippen LogP contribution in [0.25, 0.3) is 0 Å². The summed E-state index contributed by atoms with van der Waals surface area (Å²) in [6.45, 7) is 2.88. The standard InChI is InChI=1S/C19H38ClNO/c1-2-3-4-5-6-7-8-9-10-11-12-13-14-15-16-19(20)17-21-18-22/h18-19H,2-17H2,1H3,(H,21,22). The van der Waals surface area contributed by atoms with Gasteiger partial charge in [0.25, 0.3) is 0 Å². The van der Waals surface area contributed by atoms with Crippen LogP contribution >= 0.6 is 11.6 Å². The number of unbranched alkanes of at least 4 members (excludes halogenated alkanes) is 13. The number of hydrogen-bond acceptors (Lipinski definition) is 1. The summed E-state index contributed by atoms with van der Waals surface area (Å²) in [4.78, 5) is 10.1. The Bertz CT molecular complexity index is 223. The zero-order valence-corrected chi connectivity index (χ0v) is 15.5. The van der Waals surface area contributed by atoms with Crippen LogP contribution in [-0.2, 0) is 4.79 Å². The zero-order valence-electron chi connectivity index (χ0n) is 14.8. The first-order chi connectivity index (χ1) is 10.8. The van der Waals surface area contributed by atoms with Gasteiger partial charge in [-0.25, -0.2) is 0 Å². The van der Waals surface area contributed by atoms with Crippen molar-refractivity contribution in [1.82, 2.24) is 5.32 Å². The Balaban J connectivity index is 3.03. The number of halogens is 1. The van der Waals surface area contributed by atoms with E-state index in [0.29, 0.717) is 6.54 Å². The summed E-state index contributed by atoms with van der Waals surface area (Å²) in [6, 6.07) is 0. The molecule has 0 aromatic rings. The topological polar surface area (TPSA) is 29.1 Å². The van der Waals surface area contributed by atoms with Crippen molar-refractivity contribution < 1.29 is 4.79 Å². The molecule has 3 heteroatoms. The highest BCUT2D eigenvalue weighted by molar-refractivity contribution is 6.20. The molecule has 2 nitrogen and oxygen atoms in total. The van der Waals surface area contributed by atoms with Crippen LogP contribution in [0.5, 0.6) is 0 Å². The van der Waals surface area contributed by atoms with Gasteiger partial charge in [-0.1, -0.05) is 96.8 Å². The number of alkyl halides is 1. The van der Waals surface area contributed by atoms with Gasteiger partial charge in [0.2, 0.25) is 6.41 Å². The van der Waals surface area contributed by atoms with Crippen molar-refractivity contribution in [3.8, 4) is 0 Å². The number of amides is 1. The van der Waals surface area contributed by atoms with Crippen LogP contribution < -0.4 is 5.32 Å². The molecule has 0 saturated carbocycles.